The topological polar surface area (TPSA) is 69.4 Å². The van der Waals surface area contributed by atoms with Gasteiger partial charge in [0.2, 0.25) is 0 Å². The molecule has 0 N–H and O–H groups in total. The van der Waals surface area contributed by atoms with Gasteiger partial charge in [0.15, 0.2) is 0 Å². The van der Waals surface area contributed by atoms with Crippen LogP contribution in [0.15, 0.2) is 10.7 Å². The van der Waals surface area contributed by atoms with Crippen molar-refractivity contribution >= 4 is 11.8 Å². The molecule has 0 amide bonds. The SMILES string of the molecule is CC(=O)OC[C@]12CCC(C)(C)C[C@H]1[C@H]1C(=O)CC3[C@@]4(C)Cc5cnoc5[C@@H](C)[C@@H]4CC[C@@]3(C)[C@]1(C)CC2. The van der Waals surface area contributed by atoms with E-state index < -0.39 is 0 Å². The normalized spacial score (nSPS) is 48.1. The number of carbonyl (C=O) groups is 2. The van der Waals surface area contributed by atoms with Gasteiger partial charge in [-0.1, -0.05) is 46.7 Å². The molecule has 6 rings (SSSR count). The summed E-state index contributed by atoms with van der Waals surface area (Å²) in [4.78, 5) is 26.4. The number of esters is 1. The highest BCUT2D eigenvalue weighted by atomic mass is 16.5. The van der Waals surface area contributed by atoms with Crippen LogP contribution >= 0.6 is 0 Å². The molecule has 0 aliphatic heterocycles. The second-order valence-electron chi connectivity index (χ2n) is 15.5. The van der Waals surface area contributed by atoms with Crippen molar-refractivity contribution in [3.8, 4) is 0 Å². The second kappa shape index (κ2) is 7.94. The Balaban J connectivity index is 1.41. The van der Waals surface area contributed by atoms with E-state index >= 15 is 0 Å². The third kappa shape index (κ3) is 3.37. The van der Waals surface area contributed by atoms with Gasteiger partial charge < -0.3 is 9.26 Å². The quantitative estimate of drug-likeness (QED) is 0.396. The monoisotopic (exact) mass is 509 g/mol. The Bertz CT molecular complexity index is 1120. The van der Waals surface area contributed by atoms with Gasteiger partial charge >= 0.3 is 5.97 Å². The van der Waals surface area contributed by atoms with Crippen molar-refractivity contribution in [2.45, 2.75) is 112 Å². The third-order valence-electron chi connectivity index (χ3n) is 13.4. The summed E-state index contributed by atoms with van der Waals surface area (Å²) in [6.45, 7) is 16.6. The molecular formula is C32H47NO4. The molecular weight excluding hydrogens is 462 g/mol. The lowest BCUT2D eigenvalue weighted by molar-refractivity contribution is -0.230. The van der Waals surface area contributed by atoms with Gasteiger partial charge in [0.05, 0.1) is 12.8 Å². The zero-order chi connectivity index (χ0) is 26.6. The lowest BCUT2D eigenvalue weighted by Gasteiger charge is -2.71. The van der Waals surface area contributed by atoms with Gasteiger partial charge in [0.1, 0.15) is 11.5 Å². The lowest BCUT2D eigenvalue weighted by Crippen LogP contribution is -2.68. The number of hydrogen-bond donors (Lipinski definition) is 0. The fourth-order valence-electron chi connectivity index (χ4n) is 11.2. The van der Waals surface area contributed by atoms with Crippen LogP contribution in [0.25, 0.3) is 0 Å². The minimum atomic E-state index is -0.195. The van der Waals surface area contributed by atoms with E-state index in [1.807, 2.05) is 6.20 Å². The highest BCUT2D eigenvalue weighted by molar-refractivity contribution is 5.84. The van der Waals surface area contributed by atoms with E-state index in [4.69, 9.17) is 9.26 Å². The first-order valence-electron chi connectivity index (χ1n) is 14.9. The maximum atomic E-state index is 14.5. The van der Waals surface area contributed by atoms with Crippen LogP contribution in [0.5, 0.6) is 0 Å². The van der Waals surface area contributed by atoms with Crippen LogP contribution in [-0.2, 0) is 20.7 Å². The minimum Gasteiger partial charge on any atom is -0.465 e. The zero-order valence-corrected chi connectivity index (χ0v) is 24.1. The molecule has 0 radical (unpaired) electrons. The van der Waals surface area contributed by atoms with Crippen LogP contribution in [0.4, 0.5) is 0 Å². The van der Waals surface area contributed by atoms with Gasteiger partial charge in [0, 0.05) is 36.2 Å². The summed E-state index contributed by atoms with van der Waals surface area (Å²) in [5, 5.41) is 4.18. The molecule has 9 atom stereocenters. The largest absolute Gasteiger partial charge is 0.465 e. The summed E-state index contributed by atoms with van der Waals surface area (Å²) >= 11 is 0. The Morgan fingerprint density at radius 1 is 1.05 bits per heavy atom. The predicted octanol–water partition coefficient (Wildman–Crippen LogP) is 7.14. The van der Waals surface area contributed by atoms with Crippen LogP contribution in [0.1, 0.15) is 117 Å². The van der Waals surface area contributed by atoms with E-state index in [0.29, 0.717) is 42.5 Å². The van der Waals surface area contributed by atoms with Gasteiger partial charge in [0.25, 0.3) is 0 Å². The third-order valence-corrected chi connectivity index (χ3v) is 13.4. The Labute approximate surface area is 222 Å². The van der Waals surface area contributed by atoms with E-state index in [2.05, 4.69) is 46.7 Å². The van der Waals surface area contributed by atoms with Gasteiger partial charge in [-0.05, 0) is 90.8 Å². The zero-order valence-electron chi connectivity index (χ0n) is 24.1. The summed E-state index contributed by atoms with van der Waals surface area (Å²) < 4.78 is 11.5. The Morgan fingerprint density at radius 3 is 2.51 bits per heavy atom. The van der Waals surface area contributed by atoms with E-state index in [0.717, 1.165) is 44.3 Å². The number of nitrogens with zero attached hydrogens (tertiary/aromatic N) is 1. The molecule has 37 heavy (non-hydrogen) atoms. The maximum Gasteiger partial charge on any atom is 0.302 e. The molecule has 1 unspecified atom stereocenters. The highest BCUT2D eigenvalue weighted by Crippen LogP contribution is 2.75. The fraction of sp³-hybridized carbons (Fsp3) is 0.844. The number of fused-ring (bicyclic) bond motifs is 8. The summed E-state index contributed by atoms with van der Waals surface area (Å²) in [6, 6.07) is 0. The van der Waals surface area contributed by atoms with Crippen molar-refractivity contribution in [2.75, 3.05) is 6.61 Å². The Hall–Kier alpha value is -1.65. The predicted molar refractivity (Wildman–Crippen MR) is 142 cm³/mol. The number of ether oxygens (including phenoxy) is 1. The number of carbonyl (C=O) groups excluding carboxylic acids is 2. The van der Waals surface area contributed by atoms with Crippen LogP contribution in [0.3, 0.4) is 0 Å². The average Bonchev–Trinajstić information content (AvgIpc) is 3.28. The molecule has 1 aromatic rings. The van der Waals surface area contributed by atoms with Crippen LogP contribution in [0.2, 0.25) is 0 Å². The number of ketones is 1. The van der Waals surface area contributed by atoms with Gasteiger partial charge in [-0.3, -0.25) is 9.59 Å². The molecule has 0 saturated heterocycles. The Morgan fingerprint density at radius 2 is 1.78 bits per heavy atom. The molecule has 204 valence electrons. The molecule has 1 heterocycles. The van der Waals surface area contributed by atoms with E-state index in [-0.39, 0.29) is 39.0 Å². The molecule has 4 fully saturated rings. The average molecular weight is 510 g/mol. The van der Waals surface area contributed by atoms with E-state index in [1.54, 1.807) is 0 Å². The van der Waals surface area contributed by atoms with Crippen LogP contribution < -0.4 is 0 Å². The summed E-state index contributed by atoms with van der Waals surface area (Å²) in [6.07, 6.45) is 11.4. The molecule has 5 aliphatic carbocycles. The van der Waals surface area contributed by atoms with Crippen molar-refractivity contribution in [1.29, 1.82) is 0 Å². The molecule has 4 saturated carbocycles. The molecule has 5 aliphatic rings. The molecule has 0 spiro atoms. The first kappa shape index (κ1) is 25.6. The van der Waals surface area contributed by atoms with Gasteiger partial charge in [-0.2, -0.15) is 0 Å². The summed E-state index contributed by atoms with van der Waals surface area (Å²) in [5.41, 5.74) is 1.58. The lowest BCUT2D eigenvalue weighted by atomic mass is 9.32. The number of Topliss-reactive ketones (excluding diaryl/α,β-unsaturated/α-hetero) is 1. The number of aromatic nitrogens is 1. The maximum absolute atomic E-state index is 14.5. The first-order chi connectivity index (χ1) is 17.3. The first-order valence-corrected chi connectivity index (χ1v) is 14.9. The molecule has 0 aromatic carbocycles. The number of hydrogen-bond acceptors (Lipinski definition) is 5. The van der Waals surface area contributed by atoms with Crippen LogP contribution in [0, 0.1) is 50.7 Å². The van der Waals surface area contributed by atoms with E-state index in [1.165, 1.54) is 25.3 Å². The summed E-state index contributed by atoms with van der Waals surface area (Å²) in [5.74, 6) is 2.97. The van der Waals surface area contributed by atoms with Gasteiger partial charge in [-0.25, -0.2) is 0 Å². The molecule has 5 heteroatoms. The van der Waals surface area contributed by atoms with Crippen molar-refractivity contribution in [3.05, 3.63) is 17.5 Å². The fourth-order valence-corrected chi connectivity index (χ4v) is 11.2. The Kier molecular flexibility index (Phi) is 5.50. The van der Waals surface area contributed by atoms with E-state index in [9.17, 15) is 9.59 Å². The molecule has 5 nitrogen and oxygen atoms in total. The van der Waals surface area contributed by atoms with Gasteiger partial charge in [-0.15, -0.1) is 0 Å². The van der Waals surface area contributed by atoms with Crippen molar-refractivity contribution in [3.63, 3.8) is 0 Å². The van der Waals surface area contributed by atoms with Crippen molar-refractivity contribution in [1.82, 2.24) is 5.16 Å². The smallest absolute Gasteiger partial charge is 0.302 e. The molecule has 0 bridgehead atoms. The summed E-state index contributed by atoms with van der Waals surface area (Å²) in [7, 11) is 0. The van der Waals surface area contributed by atoms with Crippen molar-refractivity contribution in [2.24, 2.45) is 50.7 Å². The number of rotatable bonds is 2. The second-order valence-corrected chi connectivity index (χ2v) is 15.5. The van der Waals surface area contributed by atoms with Crippen molar-refractivity contribution < 1.29 is 18.8 Å². The molecule has 1 aromatic heterocycles. The highest BCUT2D eigenvalue weighted by Gasteiger charge is 2.71. The minimum absolute atomic E-state index is 0.0308. The standard InChI is InChI=1S/C32H47NO4/c1-19-22-8-9-30(6)25(29(22,5)15-21-17-33-37-27(19)21)14-24(35)26-23-16-28(3,4)10-12-32(23,18-36-20(2)34)13-11-31(26,30)7/h17,19,22-23,25-26H,8-16,18H2,1-7H3/t19-,22-,23-,25?,26-,29-,30+,31+,32+/m0/s1. The van der Waals surface area contributed by atoms with Crippen LogP contribution in [-0.4, -0.2) is 23.5 Å².